The van der Waals surface area contributed by atoms with E-state index in [9.17, 15) is 5.11 Å². The van der Waals surface area contributed by atoms with Crippen molar-refractivity contribution >= 4 is 11.3 Å². The molecule has 1 aliphatic rings. The fourth-order valence-electron chi connectivity index (χ4n) is 2.75. The Hall–Kier alpha value is -0.710. The van der Waals surface area contributed by atoms with Crippen LogP contribution in [0, 0.1) is 5.41 Å². The Balaban J connectivity index is 1.99. The molecule has 1 unspecified atom stereocenters. The van der Waals surface area contributed by atoms with Crippen molar-refractivity contribution in [1.82, 2.24) is 9.88 Å². The van der Waals surface area contributed by atoms with Crippen LogP contribution < -0.4 is 0 Å². The maximum absolute atomic E-state index is 9.83. The summed E-state index contributed by atoms with van der Waals surface area (Å²) >= 11 is 1.72. The minimum Gasteiger partial charge on any atom is -0.396 e. The lowest BCUT2D eigenvalue weighted by Gasteiger charge is -2.41. The summed E-state index contributed by atoms with van der Waals surface area (Å²) in [5.74, 6) is 0. The third-order valence-corrected chi connectivity index (χ3v) is 4.63. The van der Waals surface area contributed by atoms with Crippen LogP contribution in [0.2, 0.25) is 0 Å². The second-order valence-electron chi connectivity index (χ2n) is 5.88. The van der Waals surface area contributed by atoms with Crippen molar-refractivity contribution in [2.45, 2.75) is 39.7 Å². The van der Waals surface area contributed by atoms with Crippen molar-refractivity contribution in [3.63, 3.8) is 0 Å². The molecule has 0 aromatic carbocycles. The van der Waals surface area contributed by atoms with Gasteiger partial charge in [0.2, 0.25) is 0 Å². The fourth-order valence-corrected chi connectivity index (χ4v) is 3.41. The number of rotatable bonds is 5. The van der Waals surface area contributed by atoms with Crippen LogP contribution in [0.25, 0.3) is 0 Å². The molecule has 0 aliphatic carbocycles. The van der Waals surface area contributed by atoms with E-state index in [-0.39, 0.29) is 12.0 Å². The van der Waals surface area contributed by atoms with Crippen LogP contribution in [0.3, 0.4) is 0 Å². The number of hydrogen-bond donors (Lipinski definition) is 1. The van der Waals surface area contributed by atoms with E-state index < -0.39 is 0 Å². The molecule has 0 spiro atoms. The molecule has 2 heterocycles. The van der Waals surface area contributed by atoms with Crippen LogP contribution in [0.1, 0.15) is 38.1 Å². The third kappa shape index (κ3) is 4.13. The van der Waals surface area contributed by atoms with Crippen molar-refractivity contribution in [3.8, 4) is 0 Å². The van der Waals surface area contributed by atoms with Gasteiger partial charge in [-0.2, -0.15) is 0 Å². The van der Waals surface area contributed by atoms with E-state index in [0.717, 1.165) is 32.5 Å². The summed E-state index contributed by atoms with van der Waals surface area (Å²) in [7, 11) is 0. The number of allylic oxidation sites excluding steroid dienone is 2. The lowest BCUT2D eigenvalue weighted by molar-refractivity contribution is 0.0307. The largest absolute Gasteiger partial charge is 0.396 e. The zero-order valence-electron chi connectivity index (χ0n) is 11.9. The first kappa shape index (κ1) is 14.7. The van der Waals surface area contributed by atoms with Crippen LogP contribution in [0.4, 0.5) is 0 Å². The topological polar surface area (TPSA) is 36.4 Å². The molecule has 4 heteroatoms. The van der Waals surface area contributed by atoms with E-state index in [1.54, 1.807) is 11.3 Å². The summed E-state index contributed by atoms with van der Waals surface area (Å²) in [5, 5.41) is 13.0. The summed E-state index contributed by atoms with van der Waals surface area (Å²) in [6.07, 6.45) is 7.42. The van der Waals surface area contributed by atoms with E-state index in [2.05, 4.69) is 29.8 Å². The van der Waals surface area contributed by atoms with Crippen molar-refractivity contribution in [3.05, 3.63) is 28.2 Å². The molecule has 3 nitrogen and oxygen atoms in total. The zero-order valence-corrected chi connectivity index (χ0v) is 12.7. The number of thiazole rings is 1. The van der Waals surface area contributed by atoms with Crippen LogP contribution >= 0.6 is 11.3 Å². The summed E-state index contributed by atoms with van der Waals surface area (Å²) in [4.78, 5) is 6.80. The quantitative estimate of drug-likeness (QED) is 0.842. The molecule has 1 aromatic rings. The fraction of sp³-hybridized carbons (Fsp3) is 0.667. The Morgan fingerprint density at radius 2 is 2.42 bits per heavy atom. The minimum absolute atomic E-state index is 0.0484. The first-order valence-electron chi connectivity index (χ1n) is 6.98. The van der Waals surface area contributed by atoms with Gasteiger partial charge < -0.3 is 5.11 Å². The first-order valence-corrected chi connectivity index (χ1v) is 7.86. The van der Waals surface area contributed by atoms with Crippen molar-refractivity contribution in [1.29, 1.82) is 0 Å². The monoisotopic (exact) mass is 280 g/mol. The molecule has 1 saturated heterocycles. The van der Waals surface area contributed by atoms with Gasteiger partial charge in [0.15, 0.2) is 0 Å². The van der Waals surface area contributed by atoms with Crippen LogP contribution in [0.5, 0.6) is 0 Å². The Morgan fingerprint density at radius 3 is 3.05 bits per heavy atom. The van der Waals surface area contributed by atoms with E-state index in [4.69, 9.17) is 0 Å². The Bertz CT molecular complexity index is 412. The predicted molar refractivity (Wildman–Crippen MR) is 80.2 cm³/mol. The molecule has 0 bridgehead atoms. The number of hydrogen-bond acceptors (Lipinski definition) is 4. The first-order chi connectivity index (χ1) is 9.13. The maximum Gasteiger partial charge on any atom is 0.107 e. The molecule has 1 fully saturated rings. The predicted octanol–water partition coefficient (Wildman–Crippen LogP) is 3.07. The molecule has 2 rings (SSSR count). The van der Waals surface area contributed by atoms with Crippen molar-refractivity contribution < 1.29 is 5.11 Å². The van der Waals surface area contributed by atoms with Crippen LogP contribution in [-0.2, 0) is 6.54 Å². The third-order valence-electron chi connectivity index (χ3n) is 3.86. The lowest BCUT2D eigenvalue weighted by Crippen LogP contribution is -2.44. The number of aromatic nitrogens is 1. The summed E-state index contributed by atoms with van der Waals surface area (Å²) in [5.41, 5.74) is 1.39. The second kappa shape index (κ2) is 6.64. The molecule has 106 valence electrons. The standard InChI is InChI=1S/C15H24N2OS/c1-13(2)4-6-15(12-18)5-3-8-17(11-15)10-14-16-7-9-19-14/h4,7,9,18H,3,5-6,8,10-12H2,1-2H3. The van der Waals surface area contributed by atoms with Gasteiger partial charge in [0.05, 0.1) is 13.2 Å². The van der Waals surface area contributed by atoms with Gasteiger partial charge in [0, 0.05) is 23.5 Å². The van der Waals surface area contributed by atoms with Gasteiger partial charge in [-0.1, -0.05) is 11.6 Å². The Morgan fingerprint density at radius 1 is 1.58 bits per heavy atom. The molecular formula is C15H24N2OS. The van der Waals surface area contributed by atoms with Crippen molar-refractivity contribution in [2.75, 3.05) is 19.7 Å². The summed E-state index contributed by atoms with van der Waals surface area (Å²) < 4.78 is 0. The summed E-state index contributed by atoms with van der Waals surface area (Å²) in [6, 6.07) is 0. The smallest absolute Gasteiger partial charge is 0.107 e. The lowest BCUT2D eigenvalue weighted by atomic mass is 9.77. The van der Waals surface area contributed by atoms with Crippen LogP contribution in [0.15, 0.2) is 23.2 Å². The molecular weight excluding hydrogens is 256 g/mol. The molecule has 1 aromatic heterocycles. The Kier molecular flexibility index (Phi) is 5.13. The summed E-state index contributed by atoms with van der Waals surface area (Å²) in [6.45, 7) is 7.56. The average molecular weight is 280 g/mol. The molecule has 1 aliphatic heterocycles. The molecule has 0 saturated carbocycles. The SMILES string of the molecule is CC(C)=CCC1(CO)CCCN(Cc2nccs2)C1. The number of nitrogens with zero attached hydrogens (tertiary/aromatic N) is 2. The van der Waals surface area contributed by atoms with Crippen LogP contribution in [-0.4, -0.2) is 34.7 Å². The molecule has 0 radical (unpaired) electrons. The second-order valence-corrected chi connectivity index (χ2v) is 6.86. The number of piperidine rings is 1. The van der Waals surface area contributed by atoms with Gasteiger partial charge in [-0.3, -0.25) is 4.90 Å². The zero-order chi connectivity index (χ0) is 13.7. The normalized spacial score (nSPS) is 24.4. The molecule has 19 heavy (non-hydrogen) atoms. The average Bonchev–Trinajstić information content (AvgIpc) is 2.90. The number of aliphatic hydroxyl groups excluding tert-OH is 1. The molecule has 1 N–H and O–H groups in total. The Labute approximate surface area is 120 Å². The van der Waals surface area contributed by atoms with Gasteiger partial charge in [0.25, 0.3) is 0 Å². The molecule has 0 amide bonds. The van der Waals surface area contributed by atoms with E-state index >= 15 is 0 Å². The van der Waals surface area contributed by atoms with Gasteiger partial charge in [-0.25, -0.2) is 4.98 Å². The van der Waals surface area contributed by atoms with Crippen molar-refractivity contribution in [2.24, 2.45) is 5.41 Å². The van der Waals surface area contributed by atoms with Gasteiger partial charge in [-0.15, -0.1) is 11.3 Å². The number of likely N-dealkylation sites (tertiary alicyclic amines) is 1. The highest BCUT2D eigenvalue weighted by atomic mass is 32.1. The molecule has 1 atom stereocenters. The van der Waals surface area contributed by atoms with Gasteiger partial charge >= 0.3 is 0 Å². The number of aliphatic hydroxyl groups is 1. The highest BCUT2D eigenvalue weighted by molar-refractivity contribution is 7.09. The minimum atomic E-state index is 0.0484. The highest BCUT2D eigenvalue weighted by Crippen LogP contribution is 2.34. The van der Waals surface area contributed by atoms with Gasteiger partial charge in [0.1, 0.15) is 5.01 Å². The maximum atomic E-state index is 9.83. The van der Waals surface area contributed by atoms with E-state index in [0.29, 0.717) is 0 Å². The van der Waals surface area contributed by atoms with E-state index in [1.807, 2.05) is 11.6 Å². The van der Waals surface area contributed by atoms with Gasteiger partial charge in [-0.05, 0) is 39.7 Å². The van der Waals surface area contributed by atoms with E-state index in [1.165, 1.54) is 17.0 Å². The highest BCUT2D eigenvalue weighted by Gasteiger charge is 2.34.